The molecule has 0 spiro atoms. The molecule has 3 aromatic rings. The van der Waals surface area contributed by atoms with E-state index in [0.717, 1.165) is 29.5 Å². The van der Waals surface area contributed by atoms with Crippen molar-refractivity contribution in [3.8, 4) is 34.5 Å². The van der Waals surface area contributed by atoms with Crippen LogP contribution in [0.1, 0.15) is 41.7 Å². The number of methoxy groups -OCH3 is 6. The highest BCUT2D eigenvalue weighted by atomic mass is 16.5. The van der Waals surface area contributed by atoms with Crippen LogP contribution in [-0.2, 0) is 4.74 Å². The van der Waals surface area contributed by atoms with Gasteiger partial charge in [0.2, 0.25) is 0 Å². The van der Waals surface area contributed by atoms with Crippen molar-refractivity contribution in [3.63, 3.8) is 0 Å². The minimum absolute atomic E-state index is 0.0954. The van der Waals surface area contributed by atoms with Gasteiger partial charge in [0, 0.05) is 5.92 Å². The fourth-order valence-electron chi connectivity index (χ4n) is 5.43. The summed E-state index contributed by atoms with van der Waals surface area (Å²) in [5, 5.41) is 11.4. The quantitative estimate of drug-likeness (QED) is 0.276. The smallest absolute Gasteiger partial charge is 0.161 e. The van der Waals surface area contributed by atoms with Crippen LogP contribution in [-0.4, -0.2) is 54.4 Å². The maximum absolute atomic E-state index is 11.4. The van der Waals surface area contributed by atoms with Crippen LogP contribution in [0.4, 0.5) is 0 Å². The zero-order chi connectivity index (χ0) is 29.4. The van der Waals surface area contributed by atoms with Gasteiger partial charge in [0.15, 0.2) is 34.5 Å². The molecule has 41 heavy (non-hydrogen) atoms. The lowest BCUT2D eigenvalue weighted by Crippen LogP contribution is -2.32. The zero-order valence-electron chi connectivity index (χ0n) is 24.6. The van der Waals surface area contributed by atoms with Crippen molar-refractivity contribution in [3.05, 3.63) is 77.4 Å². The lowest BCUT2D eigenvalue weighted by molar-refractivity contribution is -0.0901. The largest absolute Gasteiger partial charge is 0.493 e. The zero-order valence-corrected chi connectivity index (χ0v) is 24.6. The highest BCUT2D eigenvalue weighted by Gasteiger charge is 2.36. The second kappa shape index (κ2) is 14.1. The van der Waals surface area contributed by atoms with Gasteiger partial charge in [-0.1, -0.05) is 30.4 Å². The Kier molecular flexibility index (Phi) is 10.4. The number of hydrogen-bond donors (Lipinski definition) is 1. The summed E-state index contributed by atoms with van der Waals surface area (Å²) in [6.07, 6.45) is 4.81. The Morgan fingerprint density at radius 3 is 1.93 bits per heavy atom. The molecule has 0 aromatic heterocycles. The van der Waals surface area contributed by atoms with Gasteiger partial charge >= 0.3 is 0 Å². The lowest BCUT2D eigenvalue weighted by atomic mass is 9.79. The van der Waals surface area contributed by atoms with Gasteiger partial charge in [0.05, 0.1) is 61.5 Å². The number of hydrogen-bond acceptors (Lipinski definition) is 8. The van der Waals surface area contributed by atoms with Crippen molar-refractivity contribution >= 4 is 6.08 Å². The average Bonchev–Trinajstić information content (AvgIpc) is 3.03. The highest BCUT2D eigenvalue weighted by Crippen LogP contribution is 2.44. The molecule has 220 valence electrons. The molecule has 1 heterocycles. The monoisotopic (exact) mass is 564 g/mol. The summed E-state index contributed by atoms with van der Waals surface area (Å²) in [7, 11) is 9.68. The molecule has 0 unspecified atom stereocenters. The fraction of sp³-hybridized carbons (Fsp3) is 0.394. The molecule has 0 aliphatic carbocycles. The van der Waals surface area contributed by atoms with Gasteiger partial charge in [-0.25, -0.2) is 0 Å². The minimum atomic E-state index is -0.724. The van der Waals surface area contributed by atoms with E-state index in [4.69, 9.17) is 33.2 Å². The Morgan fingerprint density at radius 1 is 0.732 bits per heavy atom. The maximum atomic E-state index is 11.4. The first-order chi connectivity index (χ1) is 20.0. The van der Waals surface area contributed by atoms with E-state index in [0.29, 0.717) is 41.1 Å². The predicted molar refractivity (Wildman–Crippen MR) is 158 cm³/mol. The molecule has 1 fully saturated rings. The average molecular weight is 565 g/mol. The molecule has 4 atom stereocenters. The molecule has 0 bridgehead atoms. The normalized spacial score (nSPS) is 19.4. The van der Waals surface area contributed by atoms with Gasteiger partial charge in [0.1, 0.15) is 0 Å². The summed E-state index contributed by atoms with van der Waals surface area (Å²) in [5.41, 5.74) is 2.77. The first kappa shape index (κ1) is 30.1. The number of rotatable bonds is 12. The molecule has 1 aliphatic heterocycles. The predicted octanol–water partition coefficient (Wildman–Crippen LogP) is 6.27. The van der Waals surface area contributed by atoms with Crippen LogP contribution in [0.25, 0.3) is 6.08 Å². The van der Waals surface area contributed by atoms with Gasteiger partial charge < -0.3 is 38.3 Å². The molecular formula is C33H40O8. The molecule has 1 N–H and O–H groups in total. The van der Waals surface area contributed by atoms with Crippen molar-refractivity contribution in [1.29, 1.82) is 0 Å². The Labute approximate surface area is 242 Å². The number of ether oxygens (including phenoxy) is 7. The third-order valence-electron chi connectivity index (χ3n) is 7.61. The van der Waals surface area contributed by atoms with E-state index in [9.17, 15) is 5.11 Å². The Bertz CT molecular complexity index is 1320. The summed E-state index contributed by atoms with van der Waals surface area (Å²) in [4.78, 5) is 0. The Morgan fingerprint density at radius 2 is 1.29 bits per heavy atom. The number of benzene rings is 3. The second-order valence-corrected chi connectivity index (χ2v) is 9.94. The molecule has 1 saturated heterocycles. The third kappa shape index (κ3) is 6.89. The number of aliphatic hydroxyl groups excluding tert-OH is 1. The van der Waals surface area contributed by atoms with Crippen LogP contribution >= 0.6 is 0 Å². The summed E-state index contributed by atoms with van der Waals surface area (Å²) >= 11 is 0. The molecule has 0 radical (unpaired) electrons. The Hall–Kier alpha value is -3.88. The highest BCUT2D eigenvalue weighted by molar-refractivity contribution is 5.56. The molecule has 8 heteroatoms. The van der Waals surface area contributed by atoms with E-state index in [1.807, 2.05) is 54.6 Å². The number of aliphatic hydroxyl groups is 1. The van der Waals surface area contributed by atoms with Crippen molar-refractivity contribution in [2.24, 2.45) is 11.8 Å². The lowest BCUT2D eigenvalue weighted by Gasteiger charge is -2.38. The van der Waals surface area contributed by atoms with Crippen LogP contribution in [0, 0.1) is 11.8 Å². The summed E-state index contributed by atoms with van der Waals surface area (Å²) < 4.78 is 39.1. The van der Waals surface area contributed by atoms with Crippen LogP contribution in [0.5, 0.6) is 34.5 Å². The summed E-state index contributed by atoms with van der Waals surface area (Å²) in [6.45, 7) is 0.407. The summed E-state index contributed by atoms with van der Waals surface area (Å²) in [5.74, 6) is 3.87. The van der Waals surface area contributed by atoms with Gasteiger partial charge in [-0.3, -0.25) is 0 Å². The van der Waals surface area contributed by atoms with E-state index >= 15 is 0 Å². The number of allylic oxidation sites excluding steroid dienone is 1. The fourth-order valence-corrected chi connectivity index (χ4v) is 5.43. The summed E-state index contributed by atoms with van der Waals surface area (Å²) in [6, 6.07) is 17.2. The molecule has 4 rings (SSSR count). The van der Waals surface area contributed by atoms with Crippen LogP contribution in [0.3, 0.4) is 0 Å². The SMILES string of the molecule is COc1ccc(/C=C/C[C@@H]2C[C@@H]([C@H](O)c3ccc(OC)c(OC)c3)CO[C@H]2c2ccc(OC)c(OC)c2)cc1OC. The minimum Gasteiger partial charge on any atom is -0.493 e. The molecule has 3 aromatic carbocycles. The van der Waals surface area contributed by atoms with Crippen LogP contribution in [0.15, 0.2) is 60.7 Å². The van der Waals surface area contributed by atoms with E-state index in [2.05, 4.69) is 12.2 Å². The van der Waals surface area contributed by atoms with Crippen molar-refractivity contribution in [1.82, 2.24) is 0 Å². The first-order valence-electron chi connectivity index (χ1n) is 13.6. The van der Waals surface area contributed by atoms with Gasteiger partial charge in [-0.15, -0.1) is 0 Å². The van der Waals surface area contributed by atoms with E-state index in [1.54, 1.807) is 42.7 Å². The molecular weight excluding hydrogens is 524 g/mol. The van der Waals surface area contributed by atoms with Gasteiger partial charge in [0.25, 0.3) is 0 Å². The Balaban J connectivity index is 1.59. The molecule has 8 nitrogen and oxygen atoms in total. The first-order valence-corrected chi connectivity index (χ1v) is 13.6. The van der Waals surface area contributed by atoms with Gasteiger partial charge in [-0.05, 0) is 71.8 Å². The molecule has 0 amide bonds. The topological polar surface area (TPSA) is 84.8 Å². The van der Waals surface area contributed by atoms with Gasteiger partial charge in [-0.2, -0.15) is 0 Å². The standard InChI is InChI=1S/C33H40O8/c1-35-26-13-10-21(16-29(26)38-4)8-7-9-23-17-25(32(34)22-11-14-27(36-2)30(18-22)39-5)20-41-33(23)24-12-15-28(37-3)31(19-24)40-6/h7-8,10-16,18-19,23,25,32-34H,9,17,20H2,1-6H3/b8-7+/t23-,25-,32-,33-/m1/s1. The third-order valence-corrected chi connectivity index (χ3v) is 7.61. The maximum Gasteiger partial charge on any atom is 0.161 e. The van der Waals surface area contributed by atoms with Crippen molar-refractivity contribution in [2.45, 2.75) is 25.0 Å². The molecule has 0 saturated carbocycles. The van der Waals surface area contributed by atoms with Crippen LogP contribution < -0.4 is 28.4 Å². The van der Waals surface area contributed by atoms with Crippen molar-refractivity contribution < 1.29 is 38.3 Å². The second-order valence-electron chi connectivity index (χ2n) is 9.94. The van der Waals surface area contributed by atoms with Crippen molar-refractivity contribution in [2.75, 3.05) is 49.3 Å². The van der Waals surface area contributed by atoms with E-state index in [-0.39, 0.29) is 17.9 Å². The van der Waals surface area contributed by atoms with Crippen LogP contribution in [0.2, 0.25) is 0 Å². The van der Waals surface area contributed by atoms with E-state index < -0.39 is 6.10 Å². The van der Waals surface area contributed by atoms with E-state index in [1.165, 1.54) is 0 Å². The molecule has 1 aliphatic rings.